The van der Waals surface area contributed by atoms with Crippen molar-refractivity contribution in [2.45, 2.75) is 27.2 Å². The zero-order valence-corrected chi connectivity index (χ0v) is 14.9. The lowest BCUT2D eigenvalue weighted by atomic mass is 10.1. The van der Waals surface area contributed by atoms with Crippen molar-refractivity contribution in [1.82, 2.24) is 9.80 Å². The number of aryl methyl sites for hydroxylation is 1. The van der Waals surface area contributed by atoms with E-state index in [2.05, 4.69) is 24.8 Å². The monoisotopic (exact) mass is 329 g/mol. The average molecular weight is 329 g/mol. The van der Waals surface area contributed by atoms with E-state index in [4.69, 9.17) is 0 Å². The average Bonchev–Trinajstić information content (AvgIpc) is 2.98. The van der Waals surface area contributed by atoms with Crippen molar-refractivity contribution < 1.29 is 9.59 Å². The molecule has 24 heavy (non-hydrogen) atoms. The number of nitrogens with zero attached hydrogens (tertiary/aromatic N) is 3. The Morgan fingerprint density at radius 3 is 2.54 bits per heavy atom. The Hall–Kier alpha value is -1.88. The van der Waals surface area contributed by atoms with Crippen LogP contribution in [0.3, 0.4) is 0 Å². The van der Waals surface area contributed by atoms with E-state index in [0.29, 0.717) is 13.0 Å². The van der Waals surface area contributed by atoms with Crippen LogP contribution in [0.25, 0.3) is 0 Å². The quantitative estimate of drug-likeness (QED) is 0.850. The minimum Gasteiger partial charge on any atom is -0.340 e. The Bertz CT molecular complexity index is 635. The minimum atomic E-state index is -0.203. The number of carbonyl (C=O) groups excluding carboxylic acids is 2. The summed E-state index contributed by atoms with van der Waals surface area (Å²) in [4.78, 5) is 31.4. The van der Waals surface area contributed by atoms with Gasteiger partial charge in [-0.05, 0) is 37.6 Å². The molecule has 2 heterocycles. The highest BCUT2D eigenvalue weighted by atomic mass is 16.2. The first-order chi connectivity index (χ1) is 11.5. The lowest BCUT2D eigenvalue weighted by Crippen LogP contribution is -2.50. The van der Waals surface area contributed by atoms with Crippen molar-refractivity contribution in [1.29, 1.82) is 0 Å². The van der Waals surface area contributed by atoms with Gasteiger partial charge in [0.2, 0.25) is 11.8 Å². The van der Waals surface area contributed by atoms with Crippen molar-refractivity contribution in [2.24, 2.45) is 5.92 Å². The zero-order valence-electron chi connectivity index (χ0n) is 14.9. The third kappa shape index (κ3) is 3.18. The van der Waals surface area contributed by atoms with E-state index in [0.717, 1.165) is 44.0 Å². The molecule has 0 aromatic heterocycles. The molecule has 0 saturated carbocycles. The molecule has 0 aliphatic carbocycles. The van der Waals surface area contributed by atoms with E-state index >= 15 is 0 Å². The molecule has 130 valence electrons. The van der Waals surface area contributed by atoms with Crippen LogP contribution < -0.4 is 4.90 Å². The van der Waals surface area contributed by atoms with Crippen molar-refractivity contribution in [3.8, 4) is 0 Å². The molecule has 1 unspecified atom stereocenters. The summed E-state index contributed by atoms with van der Waals surface area (Å²) in [7, 11) is 0. The van der Waals surface area contributed by atoms with Gasteiger partial charge in [-0.3, -0.25) is 9.59 Å². The molecule has 5 heteroatoms. The van der Waals surface area contributed by atoms with Crippen LogP contribution in [-0.2, 0) is 9.59 Å². The number of benzene rings is 1. The fraction of sp³-hybridized carbons (Fsp3) is 0.579. The summed E-state index contributed by atoms with van der Waals surface area (Å²) in [5.41, 5.74) is 3.24. The van der Waals surface area contributed by atoms with Gasteiger partial charge in [-0.25, -0.2) is 0 Å². The molecule has 0 spiro atoms. The Morgan fingerprint density at radius 1 is 1.17 bits per heavy atom. The third-order valence-electron chi connectivity index (χ3n) is 5.47. The number of hydrogen-bond donors (Lipinski definition) is 0. The van der Waals surface area contributed by atoms with Crippen LogP contribution in [0.15, 0.2) is 18.2 Å². The second kappa shape index (κ2) is 6.93. The lowest BCUT2D eigenvalue weighted by Gasteiger charge is -2.35. The normalized spacial score (nSPS) is 22.3. The molecule has 2 aliphatic heterocycles. The predicted molar refractivity (Wildman–Crippen MR) is 95.1 cm³/mol. The molecule has 3 rings (SSSR count). The second-order valence-corrected chi connectivity index (χ2v) is 6.88. The highest BCUT2D eigenvalue weighted by Gasteiger charge is 2.38. The highest BCUT2D eigenvalue weighted by Crippen LogP contribution is 2.30. The first-order valence-corrected chi connectivity index (χ1v) is 8.89. The maximum absolute atomic E-state index is 12.8. The molecule has 0 bridgehead atoms. The number of carbonyl (C=O) groups is 2. The number of amides is 2. The summed E-state index contributed by atoms with van der Waals surface area (Å²) >= 11 is 0. The van der Waals surface area contributed by atoms with E-state index in [-0.39, 0.29) is 17.7 Å². The molecule has 2 fully saturated rings. The van der Waals surface area contributed by atoms with Gasteiger partial charge < -0.3 is 14.7 Å². The predicted octanol–water partition coefficient (Wildman–Crippen LogP) is 1.82. The van der Waals surface area contributed by atoms with Gasteiger partial charge in [-0.2, -0.15) is 0 Å². The Balaban J connectivity index is 1.68. The third-order valence-corrected chi connectivity index (χ3v) is 5.47. The van der Waals surface area contributed by atoms with Gasteiger partial charge in [0, 0.05) is 44.8 Å². The molecule has 1 aromatic carbocycles. The maximum Gasteiger partial charge on any atom is 0.228 e. The van der Waals surface area contributed by atoms with Crippen molar-refractivity contribution in [2.75, 3.05) is 44.2 Å². The van der Waals surface area contributed by atoms with E-state index in [1.165, 1.54) is 5.56 Å². The van der Waals surface area contributed by atoms with Crippen molar-refractivity contribution in [3.63, 3.8) is 0 Å². The molecule has 2 aliphatic rings. The SMILES string of the molecule is CCN1CCN(C(=O)C2CC(=O)N(c3cccc(C)c3C)C2)CC1. The first-order valence-electron chi connectivity index (χ1n) is 8.89. The van der Waals surface area contributed by atoms with Crippen LogP contribution in [0, 0.1) is 19.8 Å². The molecule has 0 radical (unpaired) electrons. The van der Waals surface area contributed by atoms with Gasteiger partial charge in [0.25, 0.3) is 0 Å². The maximum atomic E-state index is 12.8. The molecule has 0 N–H and O–H groups in total. The standard InChI is InChI=1S/C19H27N3O2/c1-4-20-8-10-21(11-9-20)19(24)16-12-18(23)22(13-16)17-7-5-6-14(2)15(17)3/h5-7,16H,4,8-13H2,1-3H3. The van der Waals surface area contributed by atoms with Crippen molar-refractivity contribution >= 4 is 17.5 Å². The van der Waals surface area contributed by atoms with Gasteiger partial charge in [-0.1, -0.05) is 19.1 Å². The Morgan fingerprint density at radius 2 is 1.88 bits per heavy atom. The van der Waals surface area contributed by atoms with Crippen LogP contribution in [-0.4, -0.2) is 60.9 Å². The summed E-state index contributed by atoms with van der Waals surface area (Å²) in [5, 5.41) is 0. The summed E-state index contributed by atoms with van der Waals surface area (Å²) in [6.45, 7) is 11.2. The van der Waals surface area contributed by atoms with E-state index < -0.39 is 0 Å². The number of likely N-dealkylation sites (N-methyl/N-ethyl adjacent to an activating group) is 1. The highest BCUT2D eigenvalue weighted by molar-refractivity contribution is 6.00. The number of piperazine rings is 1. The molecule has 2 amide bonds. The zero-order chi connectivity index (χ0) is 17.3. The Labute approximate surface area is 144 Å². The molecule has 1 aromatic rings. The van der Waals surface area contributed by atoms with Crippen LogP contribution in [0.2, 0.25) is 0 Å². The van der Waals surface area contributed by atoms with Crippen LogP contribution in [0.1, 0.15) is 24.5 Å². The largest absolute Gasteiger partial charge is 0.340 e. The van der Waals surface area contributed by atoms with Gasteiger partial charge in [-0.15, -0.1) is 0 Å². The van der Waals surface area contributed by atoms with Gasteiger partial charge in [0.05, 0.1) is 5.92 Å². The van der Waals surface area contributed by atoms with E-state index in [9.17, 15) is 9.59 Å². The van der Waals surface area contributed by atoms with E-state index in [1.54, 1.807) is 4.90 Å². The van der Waals surface area contributed by atoms with Gasteiger partial charge in [0.1, 0.15) is 0 Å². The van der Waals surface area contributed by atoms with Crippen LogP contribution in [0.4, 0.5) is 5.69 Å². The summed E-state index contributed by atoms with van der Waals surface area (Å²) < 4.78 is 0. The van der Waals surface area contributed by atoms with Gasteiger partial charge >= 0.3 is 0 Å². The molecular formula is C19H27N3O2. The lowest BCUT2D eigenvalue weighted by molar-refractivity contribution is -0.137. The first kappa shape index (κ1) is 17.0. The molecular weight excluding hydrogens is 302 g/mol. The minimum absolute atomic E-state index is 0.0641. The number of rotatable bonds is 3. The summed E-state index contributed by atoms with van der Waals surface area (Å²) in [6.07, 6.45) is 0.334. The molecule has 1 atom stereocenters. The topological polar surface area (TPSA) is 43.9 Å². The fourth-order valence-corrected chi connectivity index (χ4v) is 3.68. The molecule has 5 nitrogen and oxygen atoms in total. The Kier molecular flexibility index (Phi) is 4.90. The molecule has 2 saturated heterocycles. The van der Waals surface area contributed by atoms with Crippen LogP contribution in [0.5, 0.6) is 0 Å². The van der Waals surface area contributed by atoms with Crippen molar-refractivity contribution in [3.05, 3.63) is 29.3 Å². The number of hydrogen-bond acceptors (Lipinski definition) is 3. The second-order valence-electron chi connectivity index (χ2n) is 6.88. The summed E-state index contributed by atoms with van der Waals surface area (Å²) in [5.74, 6) is 0.00624. The fourth-order valence-electron chi connectivity index (χ4n) is 3.68. The van der Waals surface area contributed by atoms with E-state index in [1.807, 2.05) is 24.0 Å². The van der Waals surface area contributed by atoms with Gasteiger partial charge in [0.15, 0.2) is 0 Å². The van der Waals surface area contributed by atoms with Crippen LogP contribution >= 0.6 is 0 Å². The smallest absolute Gasteiger partial charge is 0.228 e. The number of anilines is 1. The summed E-state index contributed by atoms with van der Waals surface area (Å²) in [6, 6.07) is 6.01.